The molecule has 1 unspecified atom stereocenters. The summed E-state index contributed by atoms with van der Waals surface area (Å²) in [5.74, 6) is 0.875. The van der Waals surface area contributed by atoms with Gasteiger partial charge in [0.1, 0.15) is 5.75 Å². The topological polar surface area (TPSA) is 67.4 Å². The molecule has 0 amide bonds. The highest BCUT2D eigenvalue weighted by Gasteiger charge is 2.22. The van der Waals surface area contributed by atoms with Gasteiger partial charge in [-0.2, -0.15) is 0 Å². The molecule has 0 aliphatic carbocycles. The molecule has 6 heteroatoms. The first-order valence-electron chi connectivity index (χ1n) is 6.97. The summed E-state index contributed by atoms with van der Waals surface area (Å²) in [6.45, 7) is 6.34. The van der Waals surface area contributed by atoms with Gasteiger partial charge in [-0.15, -0.1) is 0 Å². The zero-order valence-corrected chi connectivity index (χ0v) is 14.3. The van der Waals surface area contributed by atoms with Gasteiger partial charge >= 0.3 is 0 Å². The molecule has 0 aliphatic heterocycles. The maximum Gasteiger partial charge on any atom is 0.209 e. The van der Waals surface area contributed by atoms with E-state index >= 15 is 0 Å². The molecule has 0 aromatic heterocycles. The van der Waals surface area contributed by atoms with Gasteiger partial charge in [-0.3, -0.25) is 0 Å². The highest BCUT2D eigenvalue weighted by Crippen LogP contribution is 2.19. The molecule has 1 aromatic rings. The molecule has 1 atom stereocenters. The molecule has 21 heavy (non-hydrogen) atoms. The highest BCUT2D eigenvalue weighted by atomic mass is 32.2. The molecule has 0 heterocycles. The Morgan fingerprint density at radius 2 is 1.90 bits per heavy atom. The Balaban J connectivity index is 2.56. The number of nitrogens with one attached hydrogen (secondary N) is 2. The number of ether oxygens (including phenoxy) is 1. The van der Waals surface area contributed by atoms with Gasteiger partial charge in [-0.05, 0) is 38.8 Å². The maximum atomic E-state index is 11.3. The van der Waals surface area contributed by atoms with Crippen LogP contribution >= 0.6 is 0 Å². The second kappa shape index (κ2) is 7.24. The van der Waals surface area contributed by atoms with Gasteiger partial charge in [0.25, 0.3) is 0 Å². The number of methoxy groups -OCH3 is 1. The van der Waals surface area contributed by atoms with E-state index in [0.717, 1.165) is 17.7 Å². The molecule has 0 spiro atoms. The molecule has 0 saturated heterocycles. The minimum Gasteiger partial charge on any atom is -0.496 e. The van der Waals surface area contributed by atoms with Crippen molar-refractivity contribution >= 4 is 10.0 Å². The van der Waals surface area contributed by atoms with Crippen molar-refractivity contribution < 1.29 is 13.2 Å². The average molecular weight is 314 g/mol. The van der Waals surface area contributed by atoms with Crippen LogP contribution in [0.2, 0.25) is 0 Å². The first-order valence-corrected chi connectivity index (χ1v) is 8.86. The molecule has 120 valence electrons. The Morgan fingerprint density at radius 3 is 2.48 bits per heavy atom. The largest absolute Gasteiger partial charge is 0.496 e. The molecule has 0 saturated carbocycles. The number of hydrogen-bond acceptors (Lipinski definition) is 4. The Labute approximate surface area is 128 Å². The molecular weight excluding hydrogens is 288 g/mol. The van der Waals surface area contributed by atoms with E-state index in [1.54, 1.807) is 7.11 Å². The molecule has 2 N–H and O–H groups in total. The maximum absolute atomic E-state index is 11.3. The van der Waals surface area contributed by atoms with Crippen molar-refractivity contribution in [2.75, 3.05) is 19.9 Å². The van der Waals surface area contributed by atoms with E-state index in [9.17, 15) is 8.42 Å². The van der Waals surface area contributed by atoms with Crippen LogP contribution in [0.4, 0.5) is 0 Å². The van der Waals surface area contributed by atoms with Crippen molar-refractivity contribution in [3.05, 3.63) is 29.8 Å². The van der Waals surface area contributed by atoms with Crippen molar-refractivity contribution in [1.29, 1.82) is 0 Å². The van der Waals surface area contributed by atoms with E-state index < -0.39 is 15.6 Å². The summed E-state index contributed by atoms with van der Waals surface area (Å²) in [6.07, 6.45) is 1.99. The Kier molecular flexibility index (Phi) is 6.19. The second-order valence-electron chi connectivity index (χ2n) is 6.06. The van der Waals surface area contributed by atoms with Crippen LogP contribution in [0.1, 0.15) is 26.3 Å². The Morgan fingerprint density at radius 1 is 1.29 bits per heavy atom. The van der Waals surface area contributed by atoms with Crippen molar-refractivity contribution in [2.24, 2.45) is 0 Å². The van der Waals surface area contributed by atoms with E-state index in [4.69, 9.17) is 4.74 Å². The number of hydrogen-bond donors (Lipinski definition) is 2. The smallest absolute Gasteiger partial charge is 0.209 e. The van der Waals surface area contributed by atoms with Crippen LogP contribution in [0.3, 0.4) is 0 Å². The fourth-order valence-corrected chi connectivity index (χ4v) is 3.32. The predicted molar refractivity (Wildman–Crippen MR) is 86.2 cm³/mol. The first kappa shape index (κ1) is 17.9. The zero-order chi connectivity index (χ0) is 16.1. The minimum absolute atomic E-state index is 0.210. The number of rotatable bonds is 8. The number of benzene rings is 1. The molecule has 1 rings (SSSR count). The van der Waals surface area contributed by atoms with Crippen LogP contribution in [0.15, 0.2) is 24.3 Å². The lowest BCUT2D eigenvalue weighted by Crippen LogP contribution is -2.51. The van der Waals surface area contributed by atoms with E-state index in [0.29, 0.717) is 6.54 Å². The standard InChI is InChI=1S/C15H26N2O3S/c1-12(10-13-8-6-7-9-14(13)20-4)16-11-15(2,3)17-21(5,18)19/h6-9,12,16-17H,10-11H2,1-5H3. The number of para-hydroxylation sites is 1. The SMILES string of the molecule is COc1ccccc1CC(C)NCC(C)(C)NS(C)(=O)=O. The van der Waals surface area contributed by atoms with Crippen LogP contribution < -0.4 is 14.8 Å². The molecule has 5 nitrogen and oxygen atoms in total. The van der Waals surface area contributed by atoms with Crippen molar-refractivity contribution in [2.45, 2.75) is 38.8 Å². The molecular formula is C15H26N2O3S. The Hall–Kier alpha value is -1.11. The fraction of sp³-hybridized carbons (Fsp3) is 0.600. The molecule has 0 bridgehead atoms. The summed E-state index contributed by atoms with van der Waals surface area (Å²) < 4.78 is 30.6. The monoisotopic (exact) mass is 314 g/mol. The lowest BCUT2D eigenvalue weighted by atomic mass is 10.0. The van der Waals surface area contributed by atoms with Gasteiger partial charge in [0, 0.05) is 18.1 Å². The first-order chi connectivity index (χ1) is 9.63. The van der Waals surface area contributed by atoms with Crippen LogP contribution in [-0.4, -0.2) is 39.9 Å². The van der Waals surface area contributed by atoms with Crippen LogP contribution in [0, 0.1) is 0 Å². The third-order valence-corrected chi connectivity index (χ3v) is 4.00. The Bertz CT molecular complexity index is 556. The summed E-state index contributed by atoms with van der Waals surface area (Å²) in [6, 6.07) is 8.12. The lowest BCUT2D eigenvalue weighted by Gasteiger charge is -2.27. The molecule has 0 fully saturated rings. The summed E-state index contributed by atoms with van der Waals surface area (Å²) in [4.78, 5) is 0. The van der Waals surface area contributed by atoms with Crippen LogP contribution in [0.25, 0.3) is 0 Å². The summed E-state index contributed by atoms with van der Waals surface area (Å²) in [7, 11) is -1.55. The van der Waals surface area contributed by atoms with Crippen molar-refractivity contribution in [3.8, 4) is 5.75 Å². The van der Waals surface area contributed by atoms with Gasteiger partial charge in [0.05, 0.1) is 13.4 Å². The molecule has 0 radical (unpaired) electrons. The van der Waals surface area contributed by atoms with E-state index in [1.165, 1.54) is 6.26 Å². The fourth-order valence-electron chi connectivity index (χ4n) is 2.24. The second-order valence-corrected chi connectivity index (χ2v) is 7.80. The average Bonchev–Trinajstić information content (AvgIpc) is 2.34. The molecule has 1 aromatic carbocycles. The minimum atomic E-state index is -3.21. The highest BCUT2D eigenvalue weighted by molar-refractivity contribution is 7.88. The van der Waals surface area contributed by atoms with Crippen LogP contribution in [-0.2, 0) is 16.4 Å². The zero-order valence-electron chi connectivity index (χ0n) is 13.4. The van der Waals surface area contributed by atoms with Gasteiger partial charge in [0.2, 0.25) is 10.0 Å². The summed E-state index contributed by atoms with van der Waals surface area (Å²) in [5.41, 5.74) is 0.608. The summed E-state index contributed by atoms with van der Waals surface area (Å²) >= 11 is 0. The van der Waals surface area contributed by atoms with Gasteiger partial charge in [-0.1, -0.05) is 18.2 Å². The number of sulfonamides is 1. The normalized spacial score (nSPS) is 14.0. The lowest BCUT2D eigenvalue weighted by molar-refractivity contribution is 0.386. The van der Waals surface area contributed by atoms with E-state index in [-0.39, 0.29) is 6.04 Å². The van der Waals surface area contributed by atoms with E-state index in [1.807, 2.05) is 38.1 Å². The third-order valence-electron chi connectivity index (χ3n) is 3.07. The van der Waals surface area contributed by atoms with Crippen molar-refractivity contribution in [3.63, 3.8) is 0 Å². The molecule has 0 aliphatic rings. The quantitative estimate of drug-likeness (QED) is 0.764. The summed E-state index contributed by atoms with van der Waals surface area (Å²) in [5, 5.41) is 3.36. The van der Waals surface area contributed by atoms with Gasteiger partial charge in [-0.25, -0.2) is 13.1 Å². The van der Waals surface area contributed by atoms with Crippen molar-refractivity contribution in [1.82, 2.24) is 10.0 Å². The third kappa shape index (κ3) is 6.93. The van der Waals surface area contributed by atoms with Crippen LogP contribution in [0.5, 0.6) is 5.75 Å². The van der Waals surface area contributed by atoms with Gasteiger partial charge in [0.15, 0.2) is 0 Å². The predicted octanol–water partition coefficient (Wildman–Crippen LogP) is 1.54. The van der Waals surface area contributed by atoms with E-state index in [2.05, 4.69) is 17.0 Å². The van der Waals surface area contributed by atoms with Gasteiger partial charge < -0.3 is 10.1 Å².